The number of hydrogen-bond acceptors (Lipinski definition) is 1. The van der Waals surface area contributed by atoms with Gasteiger partial charge in [-0.05, 0) is 12.1 Å². The summed E-state index contributed by atoms with van der Waals surface area (Å²) in [4.78, 5) is 11.2. The third-order valence-corrected chi connectivity index (χ3v) is 2.69. The molecule has 0 spiro atoms. The molecule has 0 unspecified atom stereocenters. The Balaban J connectivity index is 3.56. The minimum atomic E-state index is -4.94. The van der Waals surface area contributed by atoms with Gasteiger partial charge in [0.2, 0.25) is 0 Å². The van der Waals surface area contributed by atoms with E-state index in [9.17, 15) is 22.4 Å². The summed E-state index contributed by atoms with van der Waals surface area (Å²) in [6.07, 6.45) is -4.94. The highest BCUT2D eigenvalue weighted by Gasteiger charge is 2.39. The van der Waals surface area contributed by atoms with Crippen LogP contribution in [0.1, 0.15) is 15.9 Å². The summed E-state index contributed by atoms with van der Waals surface area (Å²) in [6, 6.07) is 1.67. The van der Waals surface area contributed by atoms with Crippen LogP contribution in [0.3, 0.4) is 0 Å². The lowest BCUT2D eigenvalue weighted by Crippen LogP contribution is -2.17. The number of alkyl halides is 4. The zero-order chi connectivity index (χ0) is 12.5. The third-order valence-electron chi connectivity index (χ3n) is 1.79. The van der Waals surface area contributed by atoms with Crippen LogP contribution in [0.15, 0.2) is 16.6 Å². The second kappa shape index (κ2) is 4.71. The van der Waals surface area contributed by atoms with Gasteiger partial charge in [0.05, 0.1) is 5.88 Å². The average molecular weight is 319 g/mol. The van der Waals surface area contributed by atoms with Crippen LogP contribution >= 0.6 is 27.5 Å². The van der Waals surface area contributed by atoms with Gasteiger partial charge < -0.3 is 0 Å². The number of carbonyl (C=O) groups is 1. The number of Topliss-reactive ketones (excluding diaryl/α,β-unsaturated/α-hetero) is 1. The molecule has 0 N–H and O–H groups in total. The van der Waals surface area contributed by atoms with Gasteiger partial charge >= 0.3 is 6.18 Å². The lowest BCUT2D eigenvalue weighted by molar-refractivity contribution is -0.140. The summed E-state index contributed by atoms with van der Waals surface area (Å²) < 4.78 is 50.5. The van der Waals surface area contributed by atoms with Crippen molar-refractivity contribution in [3.8, 4) is 0 Å². The quantitative estimate of drug-likeness (QED) is 0.457. The molecule has 1 nitrogen and oxygen atoms in total. The summed E-state index contributed by atoms with van der Waals surface area (Å²) in [7, 11) is 0. The fourth-order valence-corrected chi connectivity index (χ4v) is 1.85. The van der Waals surface area contributed by atoms with Gasteiger partial charge in [0, 0.05) is 10.0 Å². The second-order valence-electron chi connectivity index (χ2n) is 2.83. The molecular weight excluding hydrogens is 315 g/mol. The van der Waals surface area contributed by atoms with Crippen LogP contribution in [-0.4, -0.2) is 11.7 Å². The topological polar surface area (TPSA) is 17.1 Å². The molecule has 0 radical (unpaired) electrons. The van der Waals surface area contributed by atoms with E-state index >= 15 is 0 Å². The van der Waals surface area contributed by atoms with Crippen molar-refractivity contribution >= 4 is 33.3 Å². The van der Waals surface area contributed by atoms with Crippen molar-refractivity contribution in [1.82, 2.24) is 0 Å². The Morgan fingerprint density at radius 1 is 1.38 bits per heavy atom. The number of benzene rings is 1. The van der Waals surface area contributed by atoms with Crippen molar-refractivity contribution in [3.05, 3.63) is 33.5 Å². The highest BCUT2D eigenvalue weighted by molar-refractivity contribution is 9.10. The first-order valence-electron chi connectivity index (χ1n) is 3.93. The van der Waals surface area contributed by atoms with Crippen LogP contribution in [0, 0.1) is 5.82 Å². The lowest BCUT2D eigenvalue weighted by Gasteiger charge is -2.13. The molecule has 1 rings (SSSR count). The molecule has 0 fully saturated rings. The third kappa shape index (κ3) is 2.55. The molecule has 1 aromatic rings. The molecule has 0 bridgehead atoms. The molecule has 0 heterocycles. The normalized spacial score (nSPS) is 11.6. The summed E-state index contributed by atoms with van der Waals surface area (Å²) in [5.41, 5.74) is -2.37. The molecule has 1 aromatic carbocycles. The van der Waals surface area contributed by atoms with Crippen molar-refractivity contribution in [2.75, 3.05) is 5.88 Å². The van der Waals surface area contributed by atoms with Crippen molar-refractivity contribution in [1.29, 1.82) is 0 Å². The minimum Gasteiger partial charge on any atom is -0.293 e. The first-order chi connectivity index (χ1) is 7.29. The highest BCUT2D eigenvalue weighted by Crippen LogP contribution is 2.37. The Morgan fingerprint density at radius 3 is 2.38 bits per heavy atom. The summed E-state index contributed by atoms with van der Waals surface area (Å²) in [5, 5.41) is 0. The van der Waals surface area contributed by atoms with E-state index in [4.69, 9.17) is 11.6 Å². The smallest absolute Gasteiger partial charge is 0.293 e. The van der Waals surface area contributed by atoms with Gasteiger partial charge in [0.25, 0.3) is 0 Å². The average Bonchev–Trinajstić information content (AvgIpc) is 2.18. The van der Waals surface area contributed by atoms with E-state index in [0.717, 1.165) is 6.07 Å². The monoisotopic (exact) mass is 318 g/mol. The van der Waals surface area contributed by atoms with Gasteiger partial charge in [-0.25, -0.2) is 4.39 Å². The van der Waals surface area contributed by atoms with Crippen molar-refractivity contribution < 1.29 is 22.4 Å². The van der Waals surface area contributed by atoms with E-state index in [1.807, 2.05) is 0 Å². The van der Waals surface area contributed by atoms with E-state index in [0.29, 0.717) is 6.07 Å². The maximum atomic E-state index is 13.1. The Morgan fingerprint density at radius 2 is 1.94 bits per heavy atom. The lowest BCUT2D eigenvalue weighted by atomic mass is 10.0. The van der Waals surface area contributed by atoms with Crippen molar-refractivity contribution in [2.24, 2.45) is 0 Å². The zero-order valence-electron chi connectivity index (χ0n) is 7.54. The Kier molecular flexibility index (Phi) is 3.96. The molecule has 0 saturated heterocycles. The fourth-order valence-electron chi connectivity index (χ4n) is 1.17. The molecule has 0 aliphatic carbocycles. The summed E-state index contributed by atoms with van der Waals surface area (Å²) in [5.74, 6) is -3.13. The molecule has 0 aliphatic rings. The molecule has 16 heavy (non-hydrogen) atoms. The summed E-state index contributed by atoms with van der Waals surface area (Å²) >= 11 is 7.94. The van der Waals surface area contributed by atoms with E-state index in [2.05, 4.69) is 15.9 Å². The molecular formula is C9H4BrClF4O. The fraction of sp³-hybridized carbons (Fsp3) is 0.222. The van der Waals surface area contributed by atoms with E-state index in [1.165, 1.54) is 0 Å². The van der Waals surface area contributed by atoms with Crippen LogP contribution in [0.4, 0.5) is 17.6 Å². The summed E-state index contributed by atoms with van der Waals surface area (Å²) in [6.45, 7) is 0. The van der Waals surface area contributed by atoms with Crippen molar-refractivity contribution in [2.45, 2.75) is 6.18 Å². The van der Waals surface area contributed by atoms with E-state index in [-0.39, 0.29) is 4.47 Å². The van der Waals surface area contributed by atoms with Crippen molar-refractivity contribution in [3.63, 3.8) is 0 Å². The van der Waals surface area contributed by atoms with Gasteiger partial charge in [0.1, 0.15) is 11.4 Å². The molecule has 7 heteroatoms. The molecule has 0 saturated carbocycles. The van der Waals surface area contributed by atoms with E-state index in [1.54, 1.807) is 0 Å². The number of carbonyl (C=O) groups excluding carboxylic acids is 1. The molecule has 0 amide bonds. The maximum absolute atomic E-state index is 13.1. The second-order valence-corrected chi connectivity index (χ2v) is 3.96. The number of hydrogen-bond donors (Lipinski definition) is 0. The molecule has 0 atom stereocenters. The van der Waals surface area contributed by atoms with Gasteiger partial charge in [-0.15, -0.1) is 11.6 Å². The highest BCUT2D eigenvalue weighted by atomic mass is 79.9. The van der Waals surface area contributed by atoms with E-state index < -0.39 is 34.8 Å². The zero-order valence-corrected chi connectivity index (χ0v) is 9.88. The minimum absolute atomic E-state index is 0.133. The predicted octanol–water partition coefficient (Wildman–Crippen LogP) is 4.03. The molecule has 88 valence electrons. The SMILES string of the molecule is O=C(CCl)c1c(Br)ccc(F)c1C(F)(F)F. The molecule has 0 aromatic heterocycles. The van der Waals surface area contributed by atoms with Gasteiger partial charge in [-0.1, -0.05) is 15.9 Å². The predicted molar refractivity (Wildman–Crippen MR) is 54.2 cm³/mol. The first kappa shape index (κ1) is 13.4. The number of ketones is 1. The van der Waals surface area contributed by atoms with Crippen LogP contribution in [0.2, 0.25) is 0 Å². The first-order valence-corrected chi connectivity index (χ1v) is 5.26. The number of halogens is 6. The van der Waals surface area contributed by atoms with Gasteiger partial charge in [-0.2, -0.15) is 13.2 Å². The maximum Gasteiger partial charge on any atom is 0.419 e. The Labute approximate surface area is 102 Å². The molecule has 0 aliphatic heterocycles. The Hall–Kier alpha value is -0.620. The van der Waals surface area contributed by atoms with Crippen LogP contribution in [-0.2, 0) is 6.18 Å². The van der Waals surface area contributed by atoms with Gasteiger partial charge in [-0.3, -0.25) is 4.79 Å². The van der Waals surface area contributed by atoms with Crippen LogP contribution in [0.5, 0.6) is 0 Å². The van der Waals surface area contributed by atoms with Crippen LogP contribution in [0.25, 0.3) is 0 Å². The standard InChI is InChI=1S/C9H4BrClF4O/c10-4-1-2-5(12)8(9(13,14)15)7(4)6(16)3-11/h1-2H,3H2. The largest absolute Gasteiger partial charge is 0.419 e. The Bertz CT molecular complexity index is 430. The van der Waals surface area contributed by atoms with Crippen LogP contribution < -0.4 is 0 Å². The number of rotatable bonds is 2. The van der Waals surface area contributed by atoms with Gasteiger partial charge in [0.15, 0.2) is 5.78 Å².